The summed E-state index contributed by atoms with van der Waals surface area (Å²) < 4.78 is 49.8. The van der Waals surface area contributed by atoms with Crippen LogP contribution >= 0.6 is 11.6 Å². The molecule has 1 aliphatic rings. The first-order valence-corrected chi connectivity index (χ1v) is 13.8. The third-order valence-electron chi connectivity index (χ3n) is 6.08. The molecule has 1 aliphatic heterocycles. The normalized spacial score (nSPS) is 16.2. The van der Waals surface area contributed by atoms with Crippen LogP contribution in [-0.4, -0.2) is 41.3 Å². The number of hydrogen-bond donors (Lipinski definition) is 2. The van der Waals surface area contributed by atoms with Crippen molar-refractivity contribution in [3.8, 4) is 11.4 Å². The summed E-state index contributed by atoms with van der Waals surface area (Å²) in [6.45, 7) is 5.26. The topological polar surface area (TPSA) is 111 Å². The van der Waals surface area contributed by atoms with Crippen molar-refractivity contribution in [1.82, 2.24) is 19.7 Å². The van der Waals surface area contributed by atoms with Gasteiger partial charge in [-0.1, -0.05) is 11.6 Å². The molecule has 2 aromatic heterocycles. The third-order valence-corrected chi connectivity index (χ3v) is 7.71. The number of aryl methyl sites for hydroxylation is 1. The first-order chi connectivity index (χ1) is 17.8. The number of halogens is 2. The zero-order chi connectivity index (χ0) is 26.2. The monoisotopic (exact) mass is 544 g/mol. The summed E-state index contributed by atoms with van der Waals surface area (Å²) in [7, 11) is -4.18. The molecule has 0 amide bonds. The molecule has 37 heavy (non-hydrogen) atoms. The van der Waals surface area contributed by atoms with Gasteiger partial charge in [0.1, 0.15) is 16.5 Å². The Morgan fingerprint density at radius 2 is 1.95 bits per heavy atom. The van der Waals surface area contributed by atoms with Crippen molar-refractivity contribution in [2.75, 3.05) is 23.2 Å². The predicted octanol–water partition coefficient (Wildman–Crippen LogP) is 5.53. The van der Waals surface area contributed by atoms with Gasteiger partial charge in [-0.05, 0) is 75.6 Å². The Kier molecular flexibility index (Phi) is 7.02. The highest BCUT2D eigenvalue weighted by Gasteiger charge is 2.24. The van der Waals surface area contributed by atoms with Crippen LogP contribution in [0.1, 0.15) is 38.1 Å². The van der Waals surface area contributed by atoms with Crippen molar-refractivity contribution in [1.29, 1.82) is 0 Å². The standard InChI is InChI=1S/C25H26ClFN6O3S/c1-3-28-24-22-15(2)31-33(21-6-4-5-13-36-21)25(22)30-23(29-24)16-7-10-18(11-8-16)32-37(34,35)20-14-17(26)9-12-19(20)27/h7-12,14,21,32H,3-6,13H2,1-2H3,(H,28,29,30). The van der Waals surface area contributed by atoms with Crippen molar-refractivity contribution in [3.05, 3.63) is 59.0 Å². The largest absolute Gasteiger partial charge is 0.370 e. The van der Waals surface area contributed by atoms with Gasteiger partial charge in [-0.25, -0.2) is 27.5 Å². The molecule has 4 aromatic rings. The second-order valence-corrected chi connectivity index (χ2v) is 10.8. The zero-order valence-corrected chi connectivity index (χ0v) is 21.9. The Labute approximate surface area is 219 Å². The molecule has 2 N–H and O–H groups in total. The Morgan fingerprint density at radius 3 is 2.65 bits per heavy atom. The molecule has 0 radical (unpaired) electrons. The fraction of sp³-hybridized carbons (Fsp3) is 0.320. The van der Waals surface area contributed by atoms with Crippen molar-refractivity contribution in [3.63, 3.8) is 0 Å². The summed E-state index contributed by atoms with van der Waals surface area (Å²) in [6.07, 6.45) is 2.75. The van der Waals surface area contributed by atoms with E-state index in [9.17, 15) is 12.8 Å². The van der Waals surface area contributed by atoms with Gasteiger partial charge in [0.25, 0.3) is 10.0 Å². The molecule has 0 bridgehead atoms. The van der Waals surface area contributed by atoms with Gasteiger partial charge in [-0.15, -0.1) is 0 Å². The van der Waals surface area contributed by atoms with Gasteiger partial charge < -0.3 is 10.1 Å². The minimum Gasteiger partial charge on any atom is -0.370 e. The molecule has 1 fully saturated rings. The smallest absolute Gasteiger partial charge is 0.264 e. The highest BCUT2D eigenvalue weighted by Crippen LogP contribution is 2.32. The van der Waals surface area contributed by atoms with Crippen LogP contribution in [0.2, 0.25) is 5.02 Å². The quantitative estimate of drug-likeness (QED) is 0.315. The molecule has 1 saturated heterocycles. The molecule has 12 heteroatoms. The number of benzene rings is 2. The van der Waals surface area contributed by atoms with E-state index in [1.807, 2.05) is 18.5 Å². The van der Waals surface area contributed by atoms with E-state index in [1.54, 1.807) is 24.3 Å². The van der Waals surface area contributed by atoms with Crippen molar-refractivity contribution in [2.45, 2.75) is 44.2 Å². The van der Waals surface area contributed by atoms with Gasteiger partial charge in [0.2, 0.25) is 0 Å². The lowest BCUT2D eigenvalue weighted by atomic mass is 10.2. The molecular weight excluding hydrogens is 519 g/mol. The van der Waals surface area contributed by atoms with Gasteiger partial charge in [0, 0.05) is 29.4 Å². The Morgan fingerprint density at radius 1 is 1.16 bits per heavy atom. The number of rotatable bonds is 7. The summed E-state index contributed by atoms with van der Waals surface area (Å²) in [5, 5.41) is 8.99. The fourth-order valence-electron chi connectivity index (χ4n) is 4.33. The van der Waals surface area contributed by atoms with Crippen LogP contribution in [0, 0.1) is 12.7 Å². The van der Waals surface area contributed by atoms with E-state index in [1.165, 1.54) is 6.07 Å². The lowest BCUT2D eigenvalue weighted by Crippen LogP contribution is -2.19. The van der Waals surface area contributed by atoms with Crippen LogP contribution in [0.3, 0.4) is 0 Å². The van der Waals surface area contributed by atoms with Crippen LogP contribution in [-0.2, 0) is 14.8 Å². The molecule has 3 heterocycles. The molecule has 0 saturated carbocycles. The molecule has 2 aromatic carbocycles. The summed E-state index contributed by atoms with van der Waals surface area (Å²) in [4.78, 5) is 9.03. The Hall–Kier alpha value is -3.28. The average Bonchev–Trinajstić information content (AvgIpc) is 3.23. The second kappa shape index (κ2) is 10.2. The zero-order valence-electron chi connectivity index (χ0n) is 20.3. The van der Waals surface area contributed by atoms with E-state index in [-0.39, 0.29) is 16.9 Å². The van der Waals surface area contributed by atoms with Gasteiger partial charge >= 0.3 is 0 Å². The molecule has 1 atom stereocenters. The summed E-state index contributed by atoms with van der Waals surface area (Å²) in [5.41, 5.74) is 2.41. The highest BCUT2D eigenvalue weighted by molar-refractivity contribution is 7.92. The first-order valence-electron chi connectivity index (χ1n) is 12.0. The van der Waals surface area contributed by atoms with Gasteiger partial charge in [0.15, 0.2) is 17.7 Å². The number of fused-ring (bicyclic) bond motifs is 1. The number of anilines is 2. The minimum atomic E-state index is -4.18. The molecule has 194 valence electrons. The molecule has 1 unspecified atom stereocenters. The van der Waals surface area contributed by atoms with Crippen LogP contribution in [0.4, 0.5) is 15.9 Å². The van der Waals surface area contributed by atoms with Crippen LogP contribution < -0.4 is 10.0 Å². The first kappa shape index (κ1) is 25.4. The van der Waals surface area contributed by atoms with Crippen molar-refractivity contribution >= 4 is 44.2 Å². The van der Waals surface area contributed by atoms with E-state index in [0.29, 0.717) is 36.0 Å². The van der Waals surface area contributed by atoms with Gasteiger partial charge in [-0.2, -0.15) is 5.10 Å². The lowest BCUT2D eigenvalue weighted by molar-refractivity contribution is -0.0371. The maximum atomic E-state index is 14.1. The second-order valence-electron chi connectivity index (χ2n) is 8.73. The SMILES string of the molecule is CCNc1nc(-c2ccc(NS(=O)(=O)c3cc(Cl)ccc3F)cc2)nc2c1c(C)nn2C1CCCCO1. The predicted molar refractivity (Wildman–Crippen MR) is 141 cm³/mol. The molecule has 5 rings (SSSR count). The fourth-order valence-corrected chi connectivity index (χ4v) is 5.73. The molecule has 0 aliphatic carbocycles. The number of aromatic nitrogens is 4. The number of nitrogens with zero attached hydrogens (tertiary/aromatic N) is 4. The van der Waals surface area contributed by atoms with Gasteiger partial charge in [0.05, 0.1) is 11.1 Å². The molecule has 9 nitrogen and oxygen atoms in total. The lowest BCUT2D eigenvalue weighted by Gasteiger charge is -2.23. The van der Waals surface area contributed by atoms with E-state index in [4.69, 9.17) is 31.4 Å². The van der Waals surface area contributed by atoms with E-state index < -0.39 is 20.7 Å². The Balaban J connectivity index is 1.50. The average molecular weight is 545 g/mol. The summed E-state index contributed by atoms with van der Waals surface area (Å²) in [6, 6.07) is 9.92. The molecule has 0 spiro atoms. The number of ether oxygens (including phenoxy) is 1. The summed E-state index contributed by atoms with van der Waals surface area (Å²) in [5.74, 6) is 0.235. The van der Waals surface area contributed by atoms with E-state index in [0.717, 1.165) is 42.5 Å². The summed E-state index contributed by atoms with van der Waals surface area (Å²) >= 11 is 5.86. The number of nitrogens with one attached hydrogen (secondary N) is 2. The van der Waals surface area contributed by atoms with Gasteiger partial charge in [-0.3, -0.25) is 4.72 Å². The highest BCUT2D eigenvalue weighted by atomic mass is 35.5. The maximum Gasteiger partial charge on any atom is 0.264 e. The third kappa shape index (κ3) is 5.11. The van der Waals surface area contributed by atoms with Crippen LogP contribution in [0.5, 0.6) is 0 Å². The molecular formula is C25H26ClFN6O3S. The number of sulfonamides is 1. The van der Waals surface area contributed by atoms with Crippen molar-refractivity contribution < 1.29 is 17.5 Å². The van der Waals surface area contributed by atoms with E-state index >= 15 is 0 Å². The van der Waals surface area contributed by atoms with Crippen LogP contribution in [0.15, 0.2) is 47.4 Å². The van der Waals surface area contributed by atoms with Crippen molar-refractivity contribution in [2.24, 2.45) is 0 Å². The minimum absolute atomic E-state index is 0.120. The maximum absolute atomic E-state index is 14.1. The number of hydrogen-bond acceptors (Lipinski definition) is 7. The Bertz CT molecular complexity index is 1550. The van der Waals surface area contributed by atoms with Crippen LogP contribution in [0.25, 0.3) is 22.4 Å². The van der Waals surface area contributed by atoms with E-state index in [2.05, 4.69) is 10.0 Å².